The lowest BCUT2D eigenvalue weighted by molar-refractivity contribution is -0.137. The first-order valence-electron chi connectivity index (χ1n) is 8.75. The van der Waals surface area contributed by atoms with Crippen molar-refractivity contribution in [2.45, 2.75) is 6.18 Å². The Kier molecular flexibility index (Phi) is 5.68. The van der Waals surface area contributed by atoms with Crippen molar-refractivity contribution in [2.24, 2.45) is 0 Å². The molecular formula is C18H21F3N6O. The first kappa shape index (κ1) is 19.9. The minimum absolute atomic E-state index is 0.0236. The molecule has 10 heteroatoms. The molecule has 0 saturated carbocycles. The number of rotatable bonds is 4. The van der Waals surface area contributed by atoms with Crippen LogP contribution in [0.4, 0.5) is 30.6 Å². The predicted octanol–water partition coefficient (Wildman–Crippen LogP) is 2.67. The summed E-state index contributed by atoms with van der Waals surface area (Å²) in [5.41, 5.74) is 0.185. The van der Waals surface area contributed by atoms with Crippen LogP contribution >= 0.6 is 0 Å². The van der Waals surface area contributed by atoms with Crippen LogP contribution in [0.1, 0.15) is 15.9 Å². The third kappa shape index (κ3) is 4.50. The molecule has 150 valence electrons. The second-order valence-corrected chi connectivity index (χ2v) is 6.50. The number of nitrogens with one attached hydrogen (secondary N) is 2. The molecule has 1 saturated heterocycles. The quantitative estimate of drug-likeness (QED) is 0.831. The van der Waals surface area contributed by atoms with Gasteiger partial charge in [0.05, 0.1) is 0 Å². The number of hydrogen-bond donors (Lipinski definition) is 2. The SMILES string of the molecule is CNc1nc(Nc2ccc(C(=O)N3CCN(C)CC3)cc2)ncc1C(F)(F)F. The molecule has 1 aliphatic rings. The maximum atomic E-state index is 12.9. The van der Waals surface area contributed by atoms with Crippen molar-refractivity contribution in [3.05, 3.63) is 41.6 Å². The highest BCUT2D eigenvalue weighted by atomic mass is 19.4. The van der Waals surface area contributed by atoms with Crippen molar-refractivity contribution >= 4 is 23.4 Å². The van der Waals surface area contributed by atoms with E-state index in [0.717, 1.165) is 19.3 Å². The van der Waals surface area contributed by atoms with Crippen molar-refractivity contribution in [3.8, 4) is 0 Å². The molecule has 3 rings (SSSR count). The van der Waals surface area contributed by atoms with E-state index in [2.05, 4.69) is 25.5 Å². The number of halogens is 3. The van der Waals surface area contributed by atoms with E-state index in [9.17, 15) is 18.0 Å². The first-order valence-corrected chi connectivity index (χ1v) is 8.75. The number of hydrogen-bond acceptors (Lipinski definition) is 6. The lowest BCUT2D eigenvalue weighted by Gasteiger charge is -2.32. The fraction of sp³-hybridized carbons (Fsp3) is 0.389. The van der Waals surface area contributed by atoms with Crippen LogP contribution in [0.2, 0.25) is 0 Å². The Morgan fingerprint density at radius 3 is 2.32 bits per heavy atom. The number of anilines is 3. The van der Waals surface area contributed by atoms with Gasteiger partial charge in [-0.1, -0.05) is 0 Å². The molecule has 1 amide bonds. The van der Waals surface area contributed by atoms with Gasteiger partial charge in [0.25, 0.3) is 5.91 Å². The van der Waals surface area contributed by atoms with Crippen molar-refractivity contribution in [1.82, 2.24) is 19.8 Å². The predicted molar refractivity (Wildman–Crippen MR) is 99.7 cm³/mol. The number of aromatic nitrogens is 2. The maximum absolute atomic E-state index is 12.9. The molecule has 0 aliphatic carbocycles. The third-order valence-corrected chi connectivity index (χ3v) is 4.51. The fourth-order valence-electron chi connectivity index (χ4n) is 2.86. The Morgan fingerprint density at radius 1 is 1.11 bits per heavy atom. The smallest absolute Gasteiger partial charge is 0.372 e. The molecule has 1 fully saturated rings. The summed E-state index contributed by atoms with van der Waals surface area (Å²) in [6.45, 7) is 3.04. The highest BCUT2D eigenvalue weighted by molar-refractivity contribution is 5.94. The summed E-state index contributed by atoms with van der Waals surface area (Å²) in [5.74, 6) is -0.328. The minimum Gasteiger partial charge on any atom is -0.372 e. The van der Waals surface area contributed by atoms with E-state index < -0.39 is 11.7 Å². The molecule has 7 nitrogen and oxygen atoms in total. The zero-order valence-electron chi connectivity index (χ0n) is 15.5. The zero-order chi connectivity index (χ0) is 20.3. The van der Waals surface area contributed by atoms with Crippen molar-refractivity contribution < 1.29 is 18.0 Å². The second-order valence-electron chi connectivity index (χ2n) is 6.50. The summed E-state index contributed by atoms with van der Waals surface area (Å²) >= 11 is 0. The van der Waals surface area contributed by atoms with E-state index >= 15 is 0 Å². The van der Waals surface area contributed by atoms with Gasteiger partial charge < -0.3 is 20.4 Å². The van der Waals surface area contributed by atoms with Gasteiger partial charge in [0.15, 0.2) is 0 Å². The molecule has 0 radical (unpaired) electrons. The molecule has 1 aromatic carbocycles. The summed E-state index contributed by atoms with van der Waals surface area (Å²) in [6, 6.07) is 6.69. The molecule has 1 aliphatic heterocycles. The van der Waals surface area contributed by atoms with Gasteiger partial charge in [-0.3, -0.25) is 4.79 Å². The standard InChI is InChI=1S/C18H21F3N6O/c1-22-15-14(18(19,20)21)11-23-17(25-15)24-13-5-3-12(4-6-13)16(28)27-9-7-26(2)8-10-27/h3-6,11H,7-10H2,1-2H3,(H2,22,23,24,25). The number of nitrogens with zero attached hydrogens (tertiary/aromatic N) is 4. The summed E-state index contributed by atoms with van der Waals surface area (Å²) < 4.78 is 38.7. The van der Waals surface area contributed by atoms with Gasteiger partial charge in [0.1, 0.15) is 11.4 Å². The zero-order valence-corrected chi connectivity index (χ0v) is 15.5. The summed E-state index contributed by atoms with van der Waals surface area (Å²) in [7, 11) is 3.38. The molecule has 1 aromatic heterocycles. The molecule has 2 heterocycles. The van der Waals surface area contributed by atoms with Crippen molar-refractivity contribution in [2.75, 3.05) is 50.9 Å². The highest BCUT2D eigenvalue weighted by Crippen LogP contribution is 2.33. The van der Waals surface area contributed by atoms with E-state index in [-0.39, 0.29) is 17.7 Å². The highest BCUT2D eigenvalue weighted by Gasteiger charge is 2.35. The molecule has 0 atom stereocenters. The molecule has 2 N–H and O–H groups in total. The van der Waals surface area contributed by atoms with Crippen LogP contribution in [0, 0.1) is 0 Å². The van der Waals surface area contributed by atoms with E-state index in [1.54, 1.807) is 29.2 Å². The van der Waals surface area contributed by atoms with Gasteiger partial charge in [-0.2, -0.15) is 18.2 Å². The molecule has 0 unspecified atom stereocenters. The van der Waals surface area contributed by atoms with Crippen LogP contribution in [0.15, 0.2) is 30.5 Å². The average molecular weight is 394 g/mol. The van der Waals surface area contributed by atoms with Crippen LogP contribution in [0.25, 0.3) is 0 Å². The topological polar surface area (TPSA) is 73.4 Å². The van der Waals surface area contributed by atoms with Gasteiger partial charge >= 0.3 is 6.18 Å². The van der Waals surface area contributed by atoms with E-state index in [0.29, 0.717) is 24.3 Å². The number of piperazine rings is 1. The van der Waals surface area contributed by atoms with Crippen molar-refractivity contribution in [1.29, 1.82) is 0 Å². The van der Waals surface area contributed by atoms with Crippen LogP contribution in [-0.2, 0) is 6.18 Å². The van der Waals surface area contributed by atoms with Gasteiger partial charge in [-0.05, 0) is 31.3 Å². The van der Waals surface area contributed by atoms with Gasteiger partial charge in [-0.15, -0.1) is 0 Å². The maximum Gasteiger partial charge on any atom is 0.421 e. The second kappa shape index (κ2) is 8.01. The first-order chi connectivity index (χ1) is 13.3. The number of benzene rings is 1. The largest absolute Gasteiger partial charge is 0.421 e. The van der Waals surface area contributed by atoms with Crippen molar-refractivity contribution in [3.63, 3.8) is 0 Å². The summed E-state index contributed by atoms with van der Waals surface area (Å²) in [4.78, 5) is 24.1. The Bertz CT molecular complexity index is 832. The monoisotopic (exact) mass is 394 g/mol. The number of carbonyl (C=O) groups is 1. The molecule has 2 aromatic rings. The van der Waals surface area contributed by atoms with Crippen LogP contribution in [0.5, 0.6) is 0 Å². The summed E-state index contributed by atoms with van der Waals surface area (Å²) in [6.07, 6.45) is -3.81. The van der Waals surface area contributed by atoms with Gasteiger partial charge in [-0.25, -0.2) is 4.98 Å². The number of alkyl halides is 3. The van der Waals surface area contributed by atoms with Gasteiger partial charge in [0.2, 0.25) is 5.95 Å². The Hall–Kier alpha value is -2.88. The Labute approximate surface area is 160 Å². The minimum atomic E-state index is -4.54. The molecule has 0 bridgehead atoms. The van der Waals surface area contributed by atoms with Gasteiger partial charge in [0, 0.05) is 50.7 Å². The van der Waals surface area contributed by atoms with E-state index in [1.807, 2.05) is 7.05 Å². The number of likely N-dealkylation sites (N-methyl/N-ethyl adjacent to an activating group) is 1. The van der Waals surface area contributed by atoms with E-state index in [1.165, 1.54) is 7.05 Å². The van der Waals surface area contributed by atoms with Crippen LogP contribution < -0.4 is 10.6 Å². The van der Waals surface area contributed by atoms with Crippen LogP contribution in [0.3, 0.4) is 0 Å². The third-order valence-electron chi connectivity index (χ3n) is 4.51. The molecule has 0 spiro atoms. The lowest BCUT2D eigenvalue weighted by Crippen LogP contribution is -2.47. The number of carbonyl (C=O) groups excluding carboxylic acids is 1. The number of amides is 1. The van der Waals surface area contributed by atoms with Crippen LogP contribution in [-0.4, -0.2) is 65.9 Å². The fourth-order valence-corrected chi connectivity index (χ4v) is 2.86. The molecular weight excluding hydrogens is 373 g/mol. The summed E-state index contributed by atoms with van der Waals surface area (Å²) in [5, 5.41) is 5.27. The normalized spacial score (nSPS) is 15.4. The Morgan fingerprint density at radius 2 is 1.75 bits per heavy atom. The lowest BCUT2D eigenvalue weighted by atomic mass is 10.1. The Balaban J connectivity index is 1.70. The molecule has 28 heavy (non-hydrogen) atoms. The average Bonchev–Trinajstić information content (AvgIpc) is 2.67. The van der Waals surface area contributed by atoms with E-state index in [4.69, 9.17) is 0 Å².